The number of anilines is 1. The molecule has 1 unspecified atom stereocenters. The molecule has 1 aliphatic rings. The quantitative estimate of drug-likeness (QED) is 0.718. The Morgan fingerprint density at radius 2 is 1.77 bits per heavy atom. The van der Waals surface area contributed by atoms with Crippen molar-refractivity contribution in [3.05, 3.63) is 64.2 Å². The first-order valence-electron chi connectivity index (χ1n) is 10.6. The Labute approximate surface area is 180 Å². The lowest BCUT2D eigenvalue weighted by Gasteiger charge is -2.26. The highest BCUT2D eigenvalue weighted by atomic mass is 32.2. The van der Waals surface area contributed by atoms with Gasteiger partial charge in [-0.3, -0.25) is 9.10 Å². The van der Waals surface area contributed by atoms with Crippen molar-refractivity contribution in [3.63, 3.8) is 0 Å². The van der Waals surface area contributed by atoms with Crippen LogP contribution in [0.5, 0.6) is 0 Å². The lowest BCUT2D eigenvalue weighted by molar-refractivity contribution is -0.120. The zero-order chi connectivity index (χ0) is 21.9. The smallest absolute Gasteiger partial charge is 0.241 e. The highest BCUT2D eigenvalue weighted by Crippen LogP contribution is 2.27. The zero-order valence-electron chi connectivity index (χ0n) is 18.4. The predicted octanol–water partition coefficient (Wildman–Crippen LogP) is 4.22. The van der Waals surface area contributed by atoms with E-state index in [-0.39, 0.29) is 18.5 Å². The van der Waals surface area contributed by atoms with Gasteiger partial charge in [-0.05, 0) is 79.8 Å². The standard InChI is InChI=1S/C24H32N2O3S/c1-5-22(21-13-12-19-8-6-7-9-20(19)15-21)25-24(27)16-26(30(4,28)29)23-14-17(2)10-11-18(23)3/h10-15,22H,5-9,16H2,1-4H3,(H,25,27). The molecule has 1 atom stereocenters. The number of nitrogens with one attached hydrogen (secondary N) is 1. The number of hydrogen-bond donors (Lipinski definition) is 1. The molecule has 2 aromatic rings. The topological polar surface area (TPSA) is 66.5 Å². The number of sulfonamides is 1. The summed E-state index contributed by atoms with van der Waals surface area (Å²) in [5.74, 6) is -0.300. The Kier molecular flexibility index (Phi) is 6.86. The van der Waals surface area contributed by atoms with Gasteiger partial charge in [-0.25, -0.2) is 8.42 Å². The Balaban J connectivity index is 1.79. The Morgan fingerprint density at radius 1 is 1.07 bits per heavy atom. The van der Waals surface area contributed by atoms with Crippen LogP contribution in [0.1, 0.15) is 60.0 Å². The number of nitrogens with zero attached hydrogens (tertiary/aromatic N) is 1. The van der Waals surface area contributed by atoms with E-state index in [9.17, 15) is 13.2 Å². The van der Waals surface area contributed by atoms with Gasteiger partial charge in [0.05, 0.1) is 18.0 Å². The Morgan fingerprint density at radius 3 is 2.43 bits per heavy atom. The van der Waals surface area contributed by atoms with E-state index in [0.717, 1.165) is 42.2 Å². The average molecular weight is 429 g/mol. The van der Waals surface area contributed by atoms with Gasteiger partial charge in [0.2, 0.25) is 15.9 Å². The van der Waals surface area contributed by atoms with E-state index in [0.29, 0.717) is 5.69 Å². The summed E-state index contributed by atoms with van der Waals surface area (Å²) in [6.07, 6.45) is 6.54. The summed E-state index contributed by atoms with van der Waals surface area (Å²) in [6, 6.07) is 12.0. The summed E-state index contributed by atoms with van der Waals surface area (Å²) in [5, 5.41) is 3.05. The minimum absolute atomic E-state index is 0.134. The van der Waals surface area contributed by atoms with E-state index in [1.54, 1.807) is 0 Å². The third-order valence-corrected chi connectivity index (χ3v) is 6.97. The molecular formula is C24H32N2O3S. The van der Waals surface area contributed by atoms with Crippen LogP contribution in [0.15, 0.2) is 36.4 Å². The maximum Gasteiger partial charge on any atom is 0.241 e. The minimum atomic E-state index is -3.60. The van der Waals surface area contributed by atoms with Crippen molar-refractivity contribution in [1.29, 1.82) is 0 Å². The van der Waals surface area contributed by atoms with Crippen molar-refractivity contribution in [1.82, 2.24) is 5.32 Å². The monoisotopic (exact) mass is 428 g/mol. The molecule has 0 aromatic heterocycles. The van der Waals surface area contributed by atoms with Gasteiger partial charge in [0.15, 0.2) is 0 Å². The number of fused-ring (bicyclic) bond motifs is 1. The number of carbonyl (C=O) groups excluding carboxylic acids is 1. The molecule has 0 aliphatic heterocycles. The SMILES string of the molecule is CCC(NC(=O)CN(c1cc(C)ccc1C)S(C)(=O)=O)c1ccc2c(c1)CCCC2. The molecule has 1 amide bonds. The summed E-state index contributed by atoms with van der Waals surface area (Å²) in [5.41, 5.74) is 6.19. The minimum Gasteiger partial charge on any atom is -0.348 e. The van der Waals surface area contributed by atoms with Gasteiger partial charge in [0.1, 0.15) is 6.54 Å². The summed E-state index contributed by atoms with van der Waals surface area (Å²) in [7, 11) is -3.60. The number of benzene rings is 2. The van der Waals surface area contributed by atoms with Crippen molar-refractivity contribution in [2.24, 2.45) is 0 Å². The number of amides is 1. The first kappa shape index (κ1) is 22.3. The van der Waals surface area contributed by atoms with E-state index in [1.165, 1.54) is 28.3 Å². The lowest BCUT2D eigenvalue weighted by Crippen LogP contribution is -2.41. The van der Waals surface area contributed by atoms with Gasteiger partial charge in [0.25, 0.3) is 0 Å². The Hall–Kier alpha value is -2.34. The van der Waals surface area contributed by atoms with E-state index in [2.05, 4.69) is 23.5 Å². The van der Waals surface area contributed by atoms with Crippen LogP contribution in [-0.2, 0) is 27.7 Å². The van der Waals surface area contributed by atoms with Crippen LogP contribution >= 0.6 is 0 Å². The molecule has 0 bridgehead atoms. The van der Waals surface area contributed by atoms with Crippen LogP contribution in [-0.4, -0.2) is 27.1 Å². The van der Waals surface area contributed by atoms with E-state index < -0.39 is 10.0 Å². The molecular weight excluding hydrogens is 396 g/mol. The molecule has 0 radical (unpaired) electrons. The number of aryl methyl sites for hydroxylation is 4. The second-order valence-corrected chi connectivity index (χ2v) is 10.2. The fourth-order valence-corrected chi connectivity index (χ4v) is 5.04. The first-order valence-corrected chi connectivity index (χ1v) is 12.5. The summed E-state index contributed by atoms with van der Waals surface area (Å²) >= 11 is 0. The van der Waals surface area contributed by atoms with Gasteiger partial charge in [-0.15, -0.1) is 0 Å². The largest absolute Gasteiger partial charge is 0.348 e. The van der Waals surface area contributed by atoms with Gasteiger partial charge < -0.3 is 5.32 Å². The van der Waals surface area contributed by atoms with Gasteiger partial charge in [-0.1, -0.05) is 37.3 Å². The van der Waals surface area contributed by atoms with Crippen molar-refractivity contribution in [2.75, 3.05) is 17.1 Å². The molecule has 2 aromatic carbocycles. The number of carbonyl (C=O) groups is 1. The zero-order valence-corrected chi connectivity index (χ0v) is 19.2. The maximum absolute atomic E-state index is 12.9. The summed E-state index contributed by atoms with van der Waals surface area (Å²) in [6.45, 7) is 5.56. The fraction of sp³-hybridized carbons (Fsp3) is 0.458. The van der Waals surface area contributed by atoms with Gasteiger partial charge in [0, 0.05) is 0 Å². The highest BCUT2D eigenvalue weighted by molar-refractivity contribution is 7.92. The molecule has 3 rings (SSSR count). The molecule has 0 fully saturated rings. The van der Waals surface area contributed by atoms with Crippen molar-refractivity contribution >= 4 is 21.6 Å². The molecule has 6 heteroatoms. The van der Waals surface area contributed by atoms with E-state index >= 15 is 0 Å². The maximum atomic E-state index is 12.9. The molecule has 0 heterocycles. The van der Waals surface area contributed by atoms with Gasteiger partial charge >= 0.3 is 0 Å². The highest BCUT2D eigenvalue weighted by Gasteiger charge is 2.24. The molecule has 0 saturated carbocycles. The molecule has 5 nitrogen and oxygen atoms in total. The summed E-state index contributed by atoms with van der Waals surface area (Å²) in [4.78, 5) is 12.9. The van der Waals surface area contributed by atoms with Crippen LogP contribution in [0, 0.1) is 13.8 Å². The molecule has 0 saturated heterocycles. The fourth-order valence-electron chi connectivity index (χ4n) is 4.13. The van der Waals surface area contributed by atoms with Crippen LogP contribution in [0.25, 0.3) is 0 Å². The van der Waals surface area contributed by atoms with Gasteiger partial charge in [-0.2, -0.15) is 0 Å². The van der Waals surface area contributed by atoms with E-state index in [4.69, 9.17) is 0 Å². The summed E-state index contributed by atoms with van der Waals surface area (Å²) < 4.78 is 26.1. The second-order valence-electron chi connectivity index (χ2n) is 8.32. The van der Waals surface area contributed by atoms with Crippen LogP contribution in [0.2, 0.25) is 0 Å². The van der Waals surface area contributed by atoms with E-state index in [1.807, 2.05) is 39.0 Å². The Bertz CT molecular complexity index is 1030. The third kappa shape index (κ3) is 5.22. The molecule has 30 heavy (non-hydrogen) atoms. The average Bonchev–Trinajstić information content (AvgIpc) is 2.71. The molecule has 162 valence electrons. The number of rotatable bonds is 7. The van der Waals surface area contributed by atoms with Crippen molar-refractivity contribution in [2.45, 2.75) is 58.9 Å². The molecule has 0 spiro atoms. The molecule has 1 aliphatic carbocycles. The number of hydrogen-bond acceptors (Lipinski definition) is 3. The normalized spacial score (nSPS) is 14.7. The van der Waals surface area contributed by atoms with Crippen LogP contribution in [0.4, 0.5) is 5.69 Å². The van der Waals surface area contributed by atoms with Crippen molar-refractivity contribution < 1.29 is 13.2 Å². The first-order chi connectivity index (χ1) is 14.2. The van der Waals surface area contributed by atoms with Crippen LogP contribution < -0.4 is 9.62 Å². The second kappa shape index (κ2) is 9.21. The predicted molar refractivity (Wildman–Crippen MR) is 122 cm³/mol. The molecule has 1 N–H and O–H groups in total. The van der Waals surface area contributed by atoms with Crippen LogP contribution in [0.3, 0.4) is 0 Å². The third-order valence-electron chi connectivity index (χ3n) is 5.84. The lowest BCUT2D eigenvalue weighted by atomic mass is 9.89. The van der Waals surface area contributed by atoms with Crippen molar-refractivity contribution in [3.8, 4) is 0 Å².